The van der Waals surface area contributed by atoms with E-state index >= 15 is 0 Å². The first-order valence-corrected chi connectivity index (χ1v) is 4.03. The monoisotopic (exact) mass is 210 g/mol. The fourth-order valence-corrected chi connectivity index (χ4v) is 0.766. The standard InChI is InChI=1S/C6H11BrO3/c1-2-4(7)5(8)3-6(9)10/h4-5,8H,2-3H2,1H3,(H,9,10)/t4?,5-/m0/s1. The first-order valence-electron chi connectivity index (χ1n) is 3.11. The molecule has 0 radical (unpaired) electrons. The Morgan fingerprint density at radius 3 is 2.50 bits per heavy atom. The molecule has 2 N–H and O–H groups in total. The van der Waals surface area contributed by atoms with Gasteiger partial charge in [0.25, 0.3) is 0 Å². The number of hydrogen-bond acceptors (Lipinski definition) is 2. The molecule has 0 aromatic rings. The normalized spacial score (nSPS) is 16.3. The number of aliphatic hydroxyl groups is 1. The molecule has 0 aromatic carbocycles. The number of aliphatic hydroxyl groups excluding tert-OH is 1. The van der Waals surface area contributed by atoms with Crippen LogP contribution in [-0.4, -0.2) is 27.1 Å². The maximum atomic E-state index is 10.0. The summed E-state index contributed by atoms with van der Waals surface area (Å²) in [6.07, 6.45) is -0.236. The van der Waals surface area contributed by atoms with Crippen LogP contribution < -0.4 is 0 Å². The first kappa shape index (κ1) is 9.91. The van der Waals surface area contributed by atoms with Gasteiger partial charge in [-0.1, -0.05) is 22.9 Å². The van der Waals surface area contributed by atoms with E-state index in [1.165, 1.54) is 0 Å². The fourth-order valence-electron chi connectivity index (χ4n) is 0.579. The third kappa shape index (κ3) is 3.85. The van der Waals surface area contributed by atoms with Crippen molar-refractivity contribution >= 4 is 21.9 Å². The smallest absolute Gasteiger partial charge is 0.306 e. The topological polar surface area (TPSA) is 57.5 Å². The van der Waals surface area contributed by atoms with Crippen molar-refractivity contribution in [3.63, 3.8) is 0 Å². The molecular weight excluding hydrogens is 200 g/mol. The zero-order valence-electron chi connectivity index (χ0n) is 5.75. The van der Waals surface area contributed by atoms with Gasteiger partial charge >= 0.3 is 5.97 Å². The third-order valence-electron chi connectivity index (χ3n) is 1.19. The molecule has 0 saturated carbocycles. The van der Waals surface area contributed by atoms with Crippen LogP contribution in [0.25, 0.3) is 0 Å². The van der Waals surface area contributed by atoms with Crippen LogP contribution in [0.1, 0.15) is 19.8 Å². The molecule has 0 rings (SSSR count). The molecule has 0 amide bonds. The molecule has 0 fully saturated rings. The van der Waals surface area contributed by atoms with Crippen molar-refractivity contribution in [1.82, 2.24) is 0 Å². The lowest BCUT2D eigenvalue weighted by Crippen LogP contribution is -2.22. The number of aliphatic carboxylic acids is 1. The second kappa shape index (κ2) is 4.68. The Hall–Kier alpha value is -0.0900. The van der Waals surface area contributed by atoms with Crippen molar-refractivity contribution in [2.75, 3.05) is 0 Å². The molecule has 0 aliphatic carbocycles. The summed E-state index contributed by atoms with van der Waals surface area (Å²) in [5.74, 6) is -0.967. The highest BCUT2D eigenvalue weighted by Gasteiger charge is 2.16. The van der Waals surface area contributed by atoms with Crippen molar-refractivity contribution in [2.45, 2.75) is 30.7 Å². The van der Waals surface area contributed by atoms with Crippen molar-refractivity contribution in [3.05, 3.63) is 0 Å². The largest absolute Gasteiger partial charge is 0.481 e. The molecule has 0 bridgehead atoms. The number of rotatable bonds is 4. The van der Waals surface area contributed by atoms with Crippen LogP contribution in [0.4, 0.5) is 0 Å². The number of carboxylic acids is 1. The summed E-state index contributed by atoms with van der Waals surface area (Å²) < 4.78 is 0. The zero-order valence-corrected chi connectivity index (χ0v) is 7.34. The third-order valence-corrected chi connectivity index (χ3v) is 2.45. The summed E-state index contributed by atoms with van der Waals surface area (Å²) in [4.78, 5) is 9.94. The van der Waals surface area contributed by atoms with E-state index in [0.717, 1.165) is 6.42 Å². The van der Waals surface area contributed by atoms with Gasteiger partial charge in [0.15, 0.2) is 0 Å². The Morgan fingerprint density at radius 1 is 1.70 bits per heavy atom. The Kier molecular flexibility index (Phi) is 4.64. The first-order chi connectivity index (χ1) is 4.57. The van der Waals surface area contributed by atoms with Crippen LogP contribution in [-0.2, 0) is 4.79 Å². The Balaban J connectivity index is 3.61. The lowest BCUT2D eigenvalue weighted by atomic mass is 10.1. The highest BCUT2D eigenvalue weighted by atomic mass is 79.9. The predicted molar refractivity (Wildman–Crippen MR) is 41.3 cm³/mol. The van der Waals surface area contributed by atoms with E-state index < -0.39 is 12.1 Å². The van der Waals surface area contributed by atoms with Gasteiger partial charge in [-0.25, -0.2) is 0 Å². The van der Waals surface area contributed by atoms with Gasteiger partial charge < -0.3 is 10.2 Å². The summed E-state index contributed by atoms with van der Waals surface area (Å²) in [6.45, 7) is 1.88. The Morgan fingerprint density at radius 2 is 2.20 bits per heavy atom. The van der Waals surface area contributed by atoms with Gasteiger partial charge in [-0.2, -0.15) is 0 Å². The quantitative estimate of drug-likeness (QED) is 0.682. The van der Waals surface area contributed by atoms with Gasteiger partial charge in [0.05, 0.1) is 12.5 Å². The Bertz CT molecular complexity index is 116. The molecule has 0 aliphatic rings. The predicted octanol–water partition coefficient (Wildman–Crippen LogP) is 0.996. The number of halogens is 1. The van der Waals surface area contributed by atoms with Gasteiger partial charge in [0, 0.05) is 4.83 Å². The van der Waals surface area contributed by atoms with Gasteiger partial charge in [0.2, 0.25) is 0 Å². The number of carboxylic acid groups (broad SMARTS) is 1. The van der Waals surface area contributed by atoms with Crippen LogP contribution in [0.5, 0.6) is 0 Å². The molecule has 0 aliphatic heterocycles. The number of carbonyl (C=O) groups is 1. The van der Waals surface area contributed by atoms with E-state index in [2.05, 4.69) is 15.9 Å². The summed E-state index contributed by atoms with van der Waals surface area (Å²) >= 11 is 3.16. The fraction of sp³-hybridized carbons (Fsp3) is 0.833. The van der Waals surface area contributed by atoms with Crippen molar-refractivity contribution in [1.29, 1.82) is 0 Å². The molecule has 0 heterocycles. The molecule has 60 valence electrons. The minimum Gasteiger partial charge on any atom is -0.481 e. The average Bonchev–Trinajstić information content (AvgIpc) is 1.85. The van der Waals surface area contributed by atoms with Crippen molar-refractivity contribution in [2.24, 2.45) is 0 Å². The molecule has 10 heavy (non-hydrogen) atoms. The summed E-state index contributed by atoms with van der Waals surface area (Å²) in [5.41, 5.74) is 0. The molecule has 1 unspecified atom stereocenters. The van der Waals surface area contributed by atoms with Crippen molar-refractivity contribution < 1.29 is 15.0 Å². The van der Waals surface area contributed by atoms with E-state index in [0.29, 0.717) is 0 Å². The van der Waals surface area contributed by atoms with Gasteiger partial charge in [-0.15, -0.1) is 0 Å². The number of hydrogen-bond donors (Lipinski definition) is 2. The molecule has 0 spiro atoms. The Labute approximate surface area is 68.2 Å². The minimum absolute atomic E-state index is 0.108. The summed E-state index contributed by atoms with van der Waals surface area (Å²) in [6, 6.07) is 0. The maximum absolute atomic E-state index is 10.0. The van der Waals surface area contributed by atoms with E-state index in [-0.39, 0.29) is 11.2 Å². The van der Waals surface area contributed by atoms with E-state index in [1.807, 2.05) is 6.92 Å². The second-order valence-electron chi connectivity index (χ2n) is 2.09. The summed E-state index contributed by atoms with van der Waals surface area (Å²) in [5, 5.41) is 17.3. The molecule has 2 atom stereocenters. The zero-order chi connectivity index (χ0) is 8.15. The van der Waals surface area contributed by atoms with Crippen LogP contribution >= 0.6 is 15.9 Å². The van der Waals surface area contributed by atoms with Crippen LogP contribution in [0.15, 0.2) is 0 Å². The molecule has 3 nitrogen and oxygen atoms in total. The van der Waals surface area contributed by atoms with Gasteiger partial charge in [0.1, 0.15) is 0 Å². The van der Waals surface area contributed by atoms with Gasteiger partial charge in [-0.05, 0) is 6.42 Å². The second-order valence-corrected chi connectivity index (χ2v) is 3.27. The average molecular weight is 211 g/mol. The van der Waals surface area contributed by atoms with E-state index in [1.54, 1.807) is 0 Å². The lowest BCUT2D eigenvalue weighted by Gasteiger charge is -2.12. The van der Waals surface area contributed by atoms with Crippen LogP contribution in [0.2, 0.25) is 0 Å². The van der Waals surface area contributed by atoms with Crippen LogP contribution in [0.3, 0.4) is 0 Å². The van der Waals surface area contributed by atoms with Crippen molar-refractivity contribution in [3.8, 4) is 0 Å². The number of alkyl halides is 1. The van der Waals surface area contributed by atoms with E-state index in [9.17, 15) is 4.79 Å². The summed E-state index contributed by atoms with van der Waals surface area (Å²) in [7, 11) is 0. The highest BCUT2D eigenvalue weighted by molar-refractivity contribution is 9.09. The molecule has 0 saturated heterocycles. The lowest BCUT2D eigenvalue weighted by molar-refractivity contribution is -0.139. The van der Waals surface area contributed by atoms with Crippen LogP contribution in [0, 0.1) is 0 Å². The van der Waals surface area contributed by atoms with E-state index in [4.69, 9.17) is 10.2 Å². The highest BCUT2D eigenvalue weighted by Crippen LogP contribution is 2.12. The van der Waals surface area contributed by atoms with Gasteiger partial charge in [-0.3, -0.25) is 4.79 Å². The molecule has 0 aromatic heterocycles. The maximum Gasteiger partial charge on any atom is 0.306 e. The molecular formula is C6H11BrO3. The SMILES string of the molecule is CCC(Br)[C@@H](O)CC(=O)O. The minimum atomic E-state index is -0.967. The molecule has 4 heteroatoms.